The third-order valence-corrected chi connectivity index (χ3v) is 8.22. The maximum Gasteiger partial charge on any atom is 0.119 e. The van der Waals surface area contributed by atoms with Crippen LogP contribution < -0.4 is 4.74 Å². The van der Waals surface area contributed by atoms with Gasteiger partial charge in [-0.15, -0.1) is 11.7 Å². The van der Waals surface area contributed by atoms with Crippen molar-refractivity contribution in [3.8, 4) is 5.75 Å². The second kappa shape index (κ2) is 11.1. The molecule has 5 heterocycles. The molecule has 0 N–H and O–H groups in total. The molecule has 7 heteroatoms. The summed E-state index contributed by atoms with van der Waals surface area (Å²) in [7, 11) is 1.71. The van der Waals surface area contributed by atoms with E-state index >= 15 is 0 Å². The number of piperidine rings is 3. The van der Waals surface area contributed by atoms with E-state index in [-0.39, 0.29) is 6.10 Å². The van der Waals surface area contributed by atoms with Gasteiger partial charge in [0, 0.05) is 36.8 Å². The van der Waals surface area contributed by atoms with Crippen molar-refractivity contribution in [2.75, 3.05) is 26.8 Å². The number of pyridine rings is 1. The molecule has 2 aromatic carbocycles. The van der Waals surface area contributed by atoms with Crippen LogP contribution in [-0.4, -0.2) is 57.7 Å². The van der Waals surface area contributed by atoms with Crippen LogP contribution in [0.5, 0.6) is 5.75 Å². The third-order valence-electron chi connectivity index (χ3n) is 8.22. The van der Waals surface area contributed by atoms with E-state index in [0.717, 1.165) is 41.9 Å². The third kappa shape index (κ3) is 5.08. The molecule has 0 spiro atoms. The number of hydrogen-bond acceptors (Lipinski definition) is 6. The van der Waals surface area contributed by atoms with Gasteiger partial charge >= 0.3 is 0 Å². The normalized spacial score (nSPS) is 23.4. The molecule has 196 valence electrons. The zero-order valence-electron chi connectivity index (χ0n) is 21.9. The van der Waals surface area contributed by atoms with Crippen LogP contribution in [0.15, 0.2) is 79.6 Å². The molecule has 2 bridgehead atoms. The number of benzene rings is 2. The van der Waals surface area contributed by atoms with Gasteiger partial charge in [0.2, 0.25) is 0 Å². The van der Waals surface area contributed by atoms with Crippen molar-refractivity contribution in [1.29, 1.82) is 0 Å². The Kier molecular flexibility index (Phi) is 7.20. The van der Waals surface area contributed by atoms with E-state index in [0.29, 0.717) is 37.5 Å². The molecule has 5 atom stereocenters. The van der Waals surface area contributed by atoms with E-state index in [9.17, 15) is 0 Å². The minimum atomic E-state index is -0.0689. The quantitative estimate of drug-likeness (QED) is 0.278. The molecular formula is C31H35N5O2. The van der Waals surface area contributed by atoms with E-state index < -0.39 is 0 Å². The van der Waals surface area contributed by atoms with Crippen LogP contribution >= 0.6 is 0 Å². The van der Waals surface area contributed by atoms with Crippen molar-refractivity contribution in [2.24, 2.45) is 11.8 Å². The van der Waals surface area contributed by atoms with Crippen molar-refractivity contribution >= 4 is 10.9 Å². The number of ether oxygens (including phenoxy) is 2. The van der Waals surface area contributed by atoms with Crippen LogP contribution in [0.2, 0.25) is 0 Å². The van der Waals surface area contributed by atoms with E-state index in [4.69, 9.17) is 9.47 Å². The maximum absolute atomic E-state index is 6.79. The first kappa shape index (κ1) is 24.8. The topological polar surface area (TPSA) is 65.3 Å². The molecule has 4 aromatic rings. The highest BCUT2D eigenvalue weighted by Crippen LogP contribution is 2.43. The minimum absolute atomic E-state index is 0.0689. The smallest absolute Gasteiger partial charge is 0.119 e. The van der Waals surface area contributed by atoms with Crippen molar-refractivity contribution in [3.05, 3.63) is 96.5 Å². The molecule has 7 nitrogen and oxygen atoms in total. The Hall–Kier alpha value is -3.55. The van der Waals surface area contributed by atoms with Gasteiger partial charge in [0.1, 0.15) is 5.75 Å². The summed E-state index contributed by atoms with van der Waals surface area (Å²) in [6, 6.07) is 18.8. The average Bonchev–Trinajstić information content (AvgIpc) is 3.42. The number of rotatable bonds is 10. The van der Waals surface area contributed by atoms with Crippen LogP contribution in [0.25, 0.3) is 10.9 Å². The van der Waals surface area contributed by atoms with Gasteiger partial charge in [0.05, 0.1) is 37.6 Å². The van der Waals surface area contributed by atoms with Gasteiger partial charge in [0.15, 0.2) is 0 Å². The molecule has 0 aliphatic carbocycles. The fourth-order valence-electron chi connectivity index (χ4n) is 6.21. The molecule has 7 rings (SSSR count). The van der Waals surface area contributed by atoms with E-state index in [1.54, 1.807) is 7.11 Å². The summed E-state index contributed by atoms with van der Waals surface area (Å²) in [5.41, 5.74) is 4.28. The Morgan fingerprint density at radius 2 is 2.05 bits per heavy atom. The second-order valence-corrected chi connectivity index (χ2v) is 10.5. The van der Waals surface area contributed by atoms with Gasteiger partial charge in [0.25, 0.3) is 0 Å². The van der Waals surface area contributed by atoms with Gasteiger partial charge < -0.3 is 9.47 Å². The lowest BCUT2D eigenvalue weighted by molar-refractivity contribution is -0.0742. The Balaban J connectivity index is 1.23. The van der Waals surface area contributed by atoms with Gasteiger partial charge in [-0.25, -0.2) is 4.68 Å². The first-order chi connectivity index (χ1) is 18.7. The Labute approximate surface area is 224 Å². The summed E-state index contributed by atoms with van der Waals surface area (Å²) < 4.78 is 14.2. The van der Waals surface area contributed by atoms with Crippen molar-refractivity contribution < 1.29 is 9.47 Å². The Morgan fingerprint density at radius 3 is 2.84 bits per heavy atom. The Bertz CT molecular complexity index is 1390. The largest absolute Gasteiger partial charge is 0.497 e. The van der Waals surface area contributed by atoms with E-state index in [1.165, 1.54) is 17.5 Å². The zero-order valence-corrected chi connectivity index (χ0v) is 21.9. The summed E-state index contributed by atoms with van der Waals surface area (Å²) in [6.07, 6.45) is 9.06. The fraction of sp³-hybridized carbons (Fsp3) is 0.387. The predicted octanol–water partition coefficient (Wildman–Crippen LogP) is 5.08. The zero-order chi connectivity index (χ0) is 25.9. The van der Waals surface area contributed by atoms with Crippen LogP contribution in [-0.2, 0) is 17.7 Å². The van der Waals surface area contributed by atoms with Crippen molar-refractivity contribution in [3.63, 3.8) is 0 Å². The molecule has 3 aliphatic heterocycles. The highest BCUT2D eigenvalue weighted by Gasteiger charge is 2.43. The van der Waals surface area contributed by atoms with Crippen LogP contribution in [0.3, 0.4) is 0 Å². The standard InChI is InChI=1S/C31H35N5O2/c1-3-23-20-35-15-12-24(23)17-30(35)31(27-11-14-32-29-10-9-26(37-2)18-28(27)29)38-16-13-25-21-36(34-33-25)19-22-7-5-4-6-8-22/h3-11,14,18,21,23-24,30-31H,1,12-13,15-17,19-20H2,2H3/t23-,24-,30+,31+/m0/s1. The molecule has 3 aliphatic rings. The molecule has 3 saturated heterocycles. The molecule has 1 unspecified atom stereocenters. The molecule has 0 saturated carbocycles. The predicted molar refractivity (Wildman–Crippen MR) is 148 cm³/mol. The Morgan fingerprint density at radius 1 is 1.16 bits per heavy atom. The molecule has 2 aromatic heterocycles. The number of aromatic nitrogens is 4. The lowest BCUT2D eigenvalue weighted by atomic mass is 9.73. The number of methoxy groups -OCH3 is 1. The van der Waals surface area contributed by atoms with Gasteiger partial charge in [-0.05, 0) is 66.6 Å². The number of fused-ring (bicyclic) bond motifs is 4. The maximum atomic E-state index is 6.79. The number of nitrogens with zero attached hydrogens (tertiary/aromatic N) is 5. The van der Waals surface area contributed by atoms with Crippen LogP contribution in [0.1, 0.15) is 35.8 Å². The van der Waals surface area contributed by atoms with Gasteiger partial charge in [-0.2, -0.15) is 0 Å². The van der Waals surface area contributed by atoms with Crippen LogP contribution in [0, 0.1) is 11.8 Å². The minimum Gasteiger partial charge on any atom is -0.497 e. The van der Waals surface area contributed by atoms with Crippen LogP contribution in [0.4, 0.5) is 0 Å². The molecule has 0 radical (unpaired) electrons. The molecule has 3 fully saturated rings. The molecule has 38 heavy (non-hydrogen) atoms. The number of hydrogen-bond donors (Lipinski definition) is 0. The van der Waals surface area contributed by atoms with Gasteiger partial charge in [-0.3, -0.25) is 9.88 Å². The summed E-state index contributed by atoms with van der Waals surface area (Å²) in [5.74, 6) is 2.06. The van der Waals surface area contributed by atoms with Crippen molar-refractivity contribution in [1.82, 2.24) is 24.9 Å². The summed E-state index contributed by atoms with van der Waals surface area (Å²) >= 11 is 0. The lowest BCUT2D eigenvalue weighted by Crippen LogP contribution is -2.55. The monoisotopic (exact) mass is 509 g/mol. The average molecular weight is 510 g/mol. The SMILES string of the molecule is C=C[C@H]1CN2CC[C@H]1C[C@@H]2[C@H](OCCc1cn(Cc2ccccc2)nn1)c1ccnc2ccc(OC)cc12. The summed E-state index contributed by atoms with van der Waals surface area (Å²) in [6.45, 7) is 7.56. The second-order valence-electron chi connectivity index (χ2n) is 10.5. The van der Waals surface area contributed by atoms with Gasteiger partial charge in [-0.1, -0.05) is 41.6 Å². The van der Waals surface area contributed by atoms with E-state index in [2.05, 4.69) is 57.1 Å². The van der Waals surface area contributed by atoms with E-state index in [1.807, 2.05) is 47.4 Å². The molecular weight excluding hydrogens is 474 g/mol. The lowest BCUT2D eigenvalue weighted by Gasteiger charge is -2.51. The highest BCUT2D eigenvalue weighted by atomic mass is 16.5. The highest BCUT2D eigenvalue weighted by molar-refractivity contribution is 5.84. The summed E-state index contributed by atoms with van der Waals surface area (Å²) in [5, 5.41) is 9.84. The fourth-order valence-corrected chi connectivity index (χ4v) is 6.21. The summed E-state index contributed by atoms with van der Waals surface area (Å²) in [4.78, 5) is 7.23. The first-order valence-corrected chi connectivity index (χ1v) is 13.6. The van der Waals surface area contributed by atoms with Crippen molar-refractivity contribution in [2.45, 2.75) is 38.0 Å². The first-order valence-electron chi connectivity index (χ1n) is 13.6. The molecule has 0 amide bonds.